The minimum Gasteiger partial charge on any atom is -0.475 e. The Hall–Kier alpha value is -2.60. The van der Waals surface area contributed by atoms with E-state index >= 15 is 0 Å². The maximum atomic E-state index is 12.1. The minimum absolute atomic E-state index is 0.0429. The van der Waals surface area contributed by atoms with Crippen LogP contribution in [0.25, 0.3) is 0 Å². The molecule has 0 aliphatic carbocycles. The molecule has 0 spiro atoms. The van der Waals surface area contributed by atoms with E-state index in [1.54, 1.807) is 29.2 Å². The van der Waals surface area contributed by atoms with E-state index in [4.69, 9.17) is 15.2 Å². The summed E-state index contributed by atoms with van der Waals surface area (Å²) in [4.78, 5) is 22.8. The van der Waals surface area contributed by atoms with E-state index in [-0.39, 0.29) is 5.91 Å². The van der Waals surface area contributed by atoms with E-state index in [0.29, 0.717) is 24.2 Å². The first-order chi connectivity index (χ1) is 10.8. The lowest BCUT2D eigenvalue weighted by molar-refractivity contribution is -0.192. The second-order valence-electron chi connectivity index (χ2n) is 4.50. The van der Waals surface area contributed by atoms with Gasteiger partial charge in [-0.3, -0.25) is 4.79 Å². The van der Waals surface area contributed by atoms with E-state index in [1.807, 2.05) is 0 Å². The number of alkyl halides is 3. The molecule has 1 saturated heterocycles. The highest BCUT2D eigenvalue weighted by atomic mass is 19.4. The molecule has 0 aromatic heterocycles. The summed E-state index contributed by atoms with van der Waals surface area (Å²) in [6.07, 6.45) is -5.08. The Morgan fingerprint density at radius 2 is 1.74 bits per heavy atom. The van der Waals surface area contributed by atoms with Crippen molar-refractivity contribution in [2.75, 3.05) is 26.2 Å². The number of nitrogens with one attached hydrogen (secondary N) is 1. The SMILES string of the molecule is N#Cc1ccccc1C(=O)N1CCNCC1.O=C(O)C(F)(F)F. The summed E-state index contributed by atoms with van der Waals surface area (Å²) in [5.41, 5.74) is 0.956. The summed E-state index contributed by atoms with van der Waals surface area (Å²) in [6.45, 7) is 3.05. The smallest absolute Gasteiger partial charge is 0.475 e. The number of carboxylic acid groups (broad SMARTS) is 1. The highest BCUT2D eigenvalue weighted by Crippen LogP contribution is 2.13. The average Bonchev–Trinajstić information content (AvgIpc) is 2.54. The van der Waals surface area contributed by atoms with Gasteiger partial charge in [-0.1, -0.05) is 12.1 Å². The lowest BCUT2D eigenvalue weighted by atomic mass is 10.1. The van der Waals surface area contributed by atoms with Crippen LogP contribution in [-0.2, 0) is 4.79 Å². The highest BCUT2D eigenvalue weighted by Gasteiger charge is 2.38. The quantitative estimate of drug-likeness (QED) is 0.808. The van der Waals surface area contributed by atoms with Gasteiger partial charge in [0.05, 0.1) is 17.2 Å². The molecule has 23 heavy (non-hydrogen) atoms. The molecule has 0 saturated carbocycles. The molecule has 0 atom stereocenters. The van der Waals surface area contributed by atoms with Crippen molar-refractivity contribution in [3.05, 3.63) is 35.4 Å². The van der Waals surface area contributed by atoms with Crippen LogP contribution in [0.3, 0.4) is 0 Å². The normalized spacial score (nSPS) is 14.3. The zero-order valence-electron chi connectivity index (χ0n) is 11.9. The van der Waals surface area contributed by atoms with Crippen LogP contribution in [0.1, 0.15) is 15.9 Å². The van der Waals surface area contributed by atoms with Crippen molar-refractivity contribution in [2.45, 2.75) is 6.18 Å². The predicted molar refractivity (Wildman–Crippen MR) is 73.6 cm³/mol. The summed E-state index contributed by atoms with van der Waals surface area (Å²) in [5, 5.41) is 19.2. The van der Waals surface area contributed by atoms with Crippen molar-refractivity contribution in [1.82, 2.24) is 10.2 Å². The van der Waals surface area contributed by atoms with Gasteiger partial charge >= 0.3 is 12.1 Å². The Kier molecular flexibility index (Phi) is 6.53. The van der Waals surface area contributed by atoms with Crippen LogP contribution in [0.5, 0.6) is 0 Å². The maximum Gasteiger partial charge on any atom is 0.490 e. The number of halogens is 3. The number of carbonyl (C=O) groups excluding carboxylic acids is 1. The molecule has 9 heteroatoms. The molecule has 124 valence electrons. The standard InChI is InChI=1S/C12H13N3O.C2HF3O2/c13-9-10-3-1-2-4-11(10)12(16)15-7-5-14-6-8-15;3-2(4,5)1(6)7/h1-4,14H,5-8H2;(H,6,7). The summed E-state index contributed by atoms with van der Waals surface area (Å²) in [7, 11) is 0. The van der Waals surface area contributed by atoms with Crippen LogP contribution in [0.15, 0.2) is 24.3 Å². The second kappa shape index (κ2) is 8.14. The maximum absolute atomic E-state index is 12.1. The number of carboxylic acids is 1. The van der Waals surface area contributed by atoms with Crippen molar-refractivity contribution < 1.29 is 27.9 Å². The second-order valence-corrected chi connectivity index (χ2v) is 4.50. The first-order valence-corrected chi connectivity index (χ1v) is 6.56. The van der Waals surface area contributed by atoms with Gasteiger partial charge in [-0.05, 0) is 12.1 Å². The number of hydrogen-bond acceptors (Lipinski definition) is 4. The third-order valence-electron chi connectivity index (χ3n) is 2.92. The van der Waals surface area contributed by atoms with Crippen LogP contribution in [-0.4, -0.2) is 54.2 Å². The molecular formula is C14H14F3N3O3. The summed E-state index contributed by atoms with van der Waals surface area (Å²) in [6, 6.07) is 9.00. The number of carbonyl (C=O) groups is 2. The number of piperazine rings is 1. The Morgan fingerprint density at radius 3 is 2.22 bits per heavy atom. The molecule has 1 aliphatic rings. The molecule has 1 fully saturated rings. The minimum atomic E-state index is -5.08. The van der Waals surface area contributed by atoms with Gasteiger partial charge < -0.3 is 15.3 Å². The monoisotopic (exact) mass is 329 g/mol. The van der Waals surface area contributed by atoms with Crippen LogP contribution in [0.2, 0.25) is 0 Å². The number of rotatable bonds is 1. The fraction of sp³-hybridized carbons (Fsp3) is 0.357. The summed E-state index contributed by atoms with van der Waals surface area (Å²) >= 11 is 0. The lowest BCUT2D eigenvalue weighted by Crippen LogP contribution is -2.46. The van der Waals surface area contributed by atoms with Gasteiger partial charge in [0.1, 0.15) is 0 Å². The molecule has 0 unspecified atom stereocenters. The first kappa shape index (κ1) is 18.4. The van der Waals surface area contributed by atoms with Gasteiger partial charge in [-0.15, -0.1) is 0 Å². The number of nitrogens with zero attached hydrogens (tertiary/aromatic N) is 2. The molecule has 1 aromatic carbocycles. The molecule has 1 heterocycles. The molecule has 0 bridgehead atoms. The zero-order valence-corrected chi connectivity index (χ0v) is 11.9. The third kappa shape index (κ3) is 5.60. The molecule has 6 nitrogen and oxygen atoms in total. The lowest BCUT2D eigenvalue weighted by Gasteiger charge is -2.27. The topological polar surface area (TPSA) is 93.4 Å². The largest absolute Gasteiger partial charge is 0.490 e. The molecule has 1 amide bonds. The van der Waals surface area contributed by atoms with Gasteiger partial charge in [0.15, 0.2) is 0 Å². The van der Waals surface area contributed by atoms with E-state index in [2.05, 4.69) is 11.4 Å². The van der Waals surface area contributed by atoms with Crippen molar-refractivity contribution in [1.29, 1.82) is 5.26 Å². The number of aliphatic carboxylic acids is 1. The van der Waals surface area contributed by atoms with Crippen LogP contribution in [0, 0.1) is 11.3 Å². The van der Waals surface area contributed by atoms with Crippen molar-refractivity contribution >= 4 is 11.9 Å². The van der Waals surface area contributed by atoms with Crippen molar-refractivity contribution in [3.63, 3.8) is 0 Å². The van der Waals surface area contributed by atoms with E-state index in [9.17, 15) is 18.0 Å². The van der Waals surface area contributed by atoms with E-state index in [0.717, 1.165) is 13.1 Å². The highest BCUT2D eigenvalue weighted by molar-refractivity contribution is 5.96. The van der Waals surface area contributed by atoms with E-state index < -0.39 is 12.1 Å². The number of hydrogen-bond donors (Lipinski definition) is 2. The predicted octanol–water partition coefficient (Wildman–Crippen LogP) is 1.24. The molecule has 0 radical (unpaired) electrons. The summed E-state index contributed by atoms with van der Waals surface area (Å²) < 4.78 is 31.7. The van der Waals surface area contributed by atoms with Crippen LogP contribution >= 0.6 is 0 Å². The number of nitriles is 1. The Balaban J connectivity index is 0.000000322. The van der Waals surface area contributed by atoms with Crippen molar-refractivity contribution in [3.8, 4) is 6.07 Å². The molecule has 2 rings (SSSR count). The van der Waals surface area contributed by atoms with Crippen LogP contribution in [0.4, 0.5) is 13.2 Å². The number of benzene rings is 1. The van der Waals surface area contributed by atoms with E-state index in [1.165, 1.54) is 0 Å². The first-order valence-electron chi connectivity index (χ1n) is 6.56. The van der Waals surface area contributed by atoms with Crippen LogP contribution < -0.4 is 5.32 Å². The third-order valence-corrected chi connectivity index (χ3v) is 2.92. The Morgan fingerprint density at radius 1 is 1.22 bits per heavy atom. The fourth-order valence-electron chi connectivity index (χ4n) is 1.81. The van der Waals surface area contributed by atoms with Gasteiger partial charge in [0.25, 0.3) is 5.91 Å². The average molecular weight is 329 g/mol. The fourth-order valence-corrected chi connectivity index (χ4v) is 1.81. The zero-order chi connectivity index (χ0) is 17.5. The Bertz CT molecular complexity index is 605. The molecule has 1 aromatic rings. The number of amides is 1. The Labute approximate surface area is 130 Å². The van der Waals surface area contributed by atoms with Gasteiger partial charge in [0, 0.05) is 26.2 Å². The van der Waals surface area contributed by atoms with Crippen molar-refractivity contribution in [2.24, 2.45) is 0 Å². The van der Waals surface area contributed by atoms with Gasteiger partial charge in [0.2, 0.25) is 0 Å². The van der Waals surface area contributed by atoms with Gasteiger partial charge in [-0.2, -0.15) is 18.4 Å². The van der Waals surface area contributed by atoms with Gasteiger partial charge in [-0.25, -0.2) is 4.79 Å². The summed E-state index contributed by atoms with van der Waals surface area (Å²) in [5.74, 6) is -2.80. The molecule has 1 aliphatic heterocycles. The molecular weight excluding hydrogens is 315 g/mol. The molecule has 2 N–H and O–H groups in total.